The summed E-state index contributed by atoms with van der Waals surface area (Å²) in [6, 6.07) is 1.47. The fourth-order valence-corrected chi connectivity index (χ4v) is 0.309. The van der Waals surface area contributed by atoms with Crippen molar-refractivity contribution >= 4 is 0 Å². The number of aromatic amines is 1. The van der Waals surface area contributed by atoms with Crippen LogP contribution in [0.4, 0.5) is 0 Å². The lowest BCUT2D eigenvalue weighted by Gasteiger charge is -1.59. The fourth-order valence-electron chi connectivity index (χ4n) is 0.309. The summed E-state index contributed by atoms with van der Waals surface area (Å²) >= 11 is 0. The van der Waals surface area contributed by atoms with Crippen molar-refractivity contribution in [2.45, 2.75) is 0 Å². The highest BCUT2D eigenvalue weighted by Gasteiger charge is 1.80. The molecule has 0 unspecified atom stereocenters. The topological polar surface area (TPSA) is 35.7 Å². The number of nitrogens with one attached hydrogen (secondary N) is 1. The third-order valence-electron chi connectivity index (χ3n) is 0.569. The summed E-state index contributed by atoms with van der Waals surface area (Å²) in [7, 11) is 0. The average Bonchev–Trinajstić information content (AvgIpc) is 1.86. The molecule has 6 heavy (non-hydrogen) atoms. The van der Waals surface area contributed by atoms with Gasteiger partial charge in [-0.2, -0.15) is 0 Å². The molecule has 0 fully saturated rings. The Morgan fingerprint density at radius 1 is 1.67 bits per heavy atom. The number of hydrogen-bond acceptors (Lipinski definition) is 0. The van der Waals surface area contributed by atoms with E-state index in [0.717, 1.165) is 0 Å². The van der Waals surface area contributed by atoms with Crippen LogP contribution in [0.5, 0.6) is 5.75 Å². The summed E-state index contributed by atoms with van der Waals surface area (Å²) in [5.41, 5.74) is 0. The van der Waals surface area contributed by atoms with Crippen LogP contribution in [0.3, 0.4) is 0 Å². The second-order valence-electron chi connectivity index (χ2n) is 1.05. The first-order valence-electron chi connectivity index (χ1n) is 1.69. The molecule has 0 saturated carbocycles. The van der Waals surface area contributed by atoms with Gasteiger partial charge in [0.15, 0.2) is 5.75 Å². The Labute approximate surface area is 35.4 Å². The molecule has 1 rings (SSSR count). The molecule has 31 valence electrons. The third-order valence-corrected chi connectivity index (χ3v) is 0.569. The maximum atomic E-state index is 10.0. The van der Waals surface area contributed by atoms with Crippen molar-refractivity contribution in [1.82, 2.24) is 4.98 Å². The monoisotopic (exact) mass is 82.0 g/mol. The first kappa shape index (κ1) is 3.28. The van der Waals surface area contributed by atoms with Gasteiger partial charge in [0, 0.05) is 18.5 Å². The Kier molecular flexibility index (Phi) is 0.572. The molecule has 2 nitrogen and oxygen atoms in total. The van der Waals surface area contributed by atoms with Crippen molar-refractivity contribution < 1.29 is 5.11 Å². The summed E-state index contributed by atoms with van der Waals surface area (Å²) in [6.07, 6.45) is 3.00. The first-order valence-corrected chi connectivity index (χ1v) is 1.69. The third kappa shape index (κ3) is 0.360. The van der Waals surface area contributed by atoms with Crippen LogP contribution in [0.15, 0.2) is 18.5 Å². The quantitative estimate of drug-likeness (QED) is 0.487. The lowest BCUT2D eigenvalue weighted by Crippen LogP contribution is -1.41. The number of rotatable bonds is 0. The van der Waals surface area contributed by atoms with E-state index in [0.29, 0.717) is 0 Å². The Bertz CT molecular complexity index is 111. The van der Waals surface area contributed by atoms with Crippen molar-refractivity contribution in [2.75, 3.05) is 0 Å². The van der Waals surface area contributed by atoms with Crippen LogP contribution in [0.2, 0.25) is 0 Å². The summed E-state index contributed by atoms with van der Waals surface area (Å²) in [5.74, 6) is 0.0370. The van der Waals surface area contributed by atoms with Crippen LogP contribution in [0, 0.1) is 0 Å². The Morgan fingerprint density at radius 3 is 2.67 bits per heavy atom. The molecule has 1 aromatic heterocycles. The van der Waals surface area contributed by atoms with Crippen molar-refractivity contribution in [3.8, 4) is 5.75 Å². The lowest BCUT2D eigenvalue weighted by molar-refractivity contribution is 0.355. The zero-order chi connectivity index (χ0) is 4.41. The van der Waals surface area contributed by atoms with E-state index in [9.17, 15) is 5.11 Å². The van der Waals surface area contributed by atoms with Crippen LogP contribution in [0.25, 0.3) is 0 Å². The van der Waals surface area contributed by atoms with Gasteiger partial charge in [0.25, 0.3) is 0 Å². The summed E-state index contributed by atoms with van der Waals surface area (Å²) in [5, 5.41) is 10.0. The molecule has 0 aliphatic rings. The Hall–Kier alpha value is -0.920. The van der Waals surface area contributed by atoms with E-state index in [1.165, 1.54) is 12.3 Å². The first-order chi connectivity index (χ1) is 2.89. The summed E-state index contributed by atoms with van der Waals surface area (Å²) in [4.78, 5) is 2.62. The molecule has 2 heteroatoms. The van der Waals surface area contributed by atoms with E-state index in [1.54, 1.807) is 6.20 Å². The second-order valence-corrected chi connectivity index (χ2v) is 1.05. The molecular weight excluding hydrogens is 78.0 g/mol. The number of hydrogen-bond donors (Lipinski definition) is 1. The van der Waals surface area contributed by atoms with Gasteiger partial charge >= 0.3 is 0 Å². The average molecular weight is 82.1 g/mol. The van der Waals surface area contributed by atoms with Gasteiger partial charge in [0.05, 0.1) is 0 Å². The minimum absolute atomic E-state index is 0.0370. The molecule has 1 aromatic rings. The Balaban J connectivity index is 3.05. The number of H-pyrrole nitrogens is 1. The van der Waals surface area contributed by atoms with E-state index >= 15 is 0 Å². The van der Waals surface area contributed by atoms with E-state index in [4.69, 9.17) is 0 Å². The minimum Gasteiger partial charge on any atom is -0.364 e. The molecule has 1 radical (unpaired) electrons. The van der Waals surface area contributed by atoms with Gasteiger partial charge in [-0.1, -0.05) is 0 Å². The van der Waals surface area contributed by atoms with E-state index in [1.807, 2.05) is 0 Å². The lowest BCUT2D eigenvalue weighted by atomic mass is 10.6. The fraction of sp³-hybridized carbons (Fsp3) is 0. The van der Waals surface area contributed by atoms with Gasteiger partial charge < -0.3 is 4.98 Å². The number of aromatic nitrogens is 1. The van der Waals surface area contributed by atoms with Gasteiger partial charge in [0.2, 0.25) is 0 Å². The van der Waals surface area contributed by atoms with Crippen LogP contribution >= 0.6 is 0 Å². The molecule has 0 aliphatic carbocycles. The zero-order valence-electron chi connectivity index (χ0n) is 3.14. The molecule has 0 saturated heterocycles. The molecule has 1 N–H and O–H groups in total. The molecular formula is C4H4NO. The van der Waals surface area contributed by atoms with Crippen molar-refractivity contribution in [3.05, 3.63) is 18.5 Å². The molecule has 0 amide bonds. The normalized spacial score (nSPS) is 8.67. The maximum Gasteiger partial charge on any atom is 0.195 e. The van der Waals surface area contributed by atoms with Crippen molar-refractivity contribution in [2.24, 2.45) is 0 Å². The second kappa shape index (κ2) is 1.05. The largest absolute Gasteiger partial charge is 0.364 e. The van der Waals surface area contributed by atoms with Gasteiger partial charge in [-0.3, -0.25) is 5.11 Å². The minimum atomic E-state index is 0.0370. The summed E-state index contributed by atoms with van der Waals surface area (Å²) in [6.45, 7) is 0. The van der Waals surface area contributed by atoms with E-state index in [2.05, 4.69) is 4.98 Å². The molecule has 1 heterocycles. The SMILES string of the molecule is [O]c1cc[nH]c1. The van der Waals surface area contributed by atoms with Crippen LogP contribution in [0.1, 0.15) is 0 Å². The van der Waals surface area contributed by atoms with Gasteiger partial charge in [0.1, 0.15) is 0 Å². The molecule has 0 aliphatic heterocycles. The standard InChI is InChI=1S/C4H4NO/c6-4-1-2-5-3-4/h1-3,5H. The predicted molar refractivity (Wildman–Crippen MR) is 20.9 cm³/mol. The summed E-state index contributed by atoms with van der Waals surface area (Å²) < 4.78 is 0. The zero-order valence-corrected chi connectivity index (χ0v) is 3.14. The smallest absolute Gasteiger partial charge is 0.195 e. The van der Waals surface area contributed by atoms with E-state index in [-0.39, 0.29) is 5.75 Å². The van der Waals surface area contributed by atoms with Gasteiger partial charge in [-0.25, -0.2) is 0 Å². The van der Waals surface area contributed by atoms with Crippen LogP contribution in [-0.4, -0.2) is 4.98 Å². The van der Waals surface area contributed by atoms with Crippen molar-refractivity contribution in [3.63, 3.8) is 0 Å². The molecule has 0 spiro atoms. The molecule has 0 atom stereocenters. The predicted octanol–water partition coefficient (Wildman–Crippen LogP) is 1.16. The highest BCUT2D eigenvalue weighted by molar-refractivity contribution is 5.12. The maximum absolute atomic E-state index is 10.0. The van der Waals surface area contributed by atoms with E-state index < -0.39 is 0 Å². The van der Waals surface area contributed by atoms with Gasteiger partial charge in [-0.15, -0.1) is 0 Å². The van der Waals surface area contributed by atoms with Crippen LogP contribution in [-0.2, 0) is 5.11 Å². The van der Waals surface area contributed by atoms with Crippen LogP contribution < -0.4 is 0 Å². The molecule has 0 aromatic carbocycles. The van der Waals surface area contributed by atoms with Gasteiger partial charge in [-0.05, 0) is 0 Å². The highest BCUT2D eigenvalue weighted by atomic mass is 16.3. The molecule has 0 bridgehead atoms. The van der Waals surface area contributed by atoms with Crippen molar-refractivity contribution in [1.29, 1.82) is 0 Å². The highest BCUT2D eigenvalue weighted by Crippen LogP contribution is 2.02. The Morgan fingerprint density at radius 2 is 2.50 bits per heavy atom.